The molecule has 0 aromatic heterocycles. The number of piperazine rings is 1. The quantitative estimate of drug-likeness (QED) is 0.848. The van der Waals surface area contributed by atoms with Crippen molar-refractivity contribution < 1.29 is 10.2 Å². The largest absolute Gasteiger partial charge is 0.504 e. The molecule has 0 spiro atoms. The van der Waals surface area contributed by atoms with E-state index in [-0.39, 0.29) is 17.5 Å². The Morgan fingerprint density at radius 3 is 2.21 bits per heavy atom. The zero-order chi connectivity index (χ0) is 17.1. The lowest BCUT2D eigenvalue weighted by Gasteiger charge is -2.38. The molecule has 0 bridgehead atoms. The lowest BCUT2D eigenvalue weighted by molar-refractivity contribution is 0.111. The van der Waals surface area contributed by atoms with Crippen molar-refractivity contribution in [1.82, 2.24) is 9.80 Å². The molecule has 1 aliphatic rings. The number of hydrogen-bond acceptors (Lipinski definition) is 4. The van der Waals surface area contributed by atoms with Gasteiger partial charge in [-0.25, -0.2) is 0 Å². The molecule has 0 amide bonds. The summed E-state index contributed by atoms with van der Waals surface area (Å²) < 4.78 is 0. The molecule has 0 aliphatic carbocycles. The highest BCUT2D eigenvalue weighted by Gasteiger charge is 2.24. The molecule has 0 radical (unpaired) electrons. The van der Waals surface area contributed by atoms with Gasteiger partial charge in [0.1, 0.15) is 0 Å². The number of phenols is 2. The third-order valence-corrected chi connectivity index (χ3v) is 4.91. The number of rotatable bonds is 4. The fourth-order valence-corrected chi connectivity index (χ4v) is 3.30. The fourth-order valence-electron chi connectivity index (χ4n) is 3.30. The number of hydrogen-bond donors (Lipinski definition) is 2. The lowest BCUT2D eigenvalue weighted by Crippen LogP contribution is -2.46. The highest BCUT2D eigenvalue weighted by Crippen LogP contribution is 2.30. The summed E-state index contributed by atoms with van der Waals surface area (Å²) in [6, 6.07) is 14.2. The van der Waals surface area contributed by atoms with E-state index < -0.39 is 0 Å². The van der Waals surface area contributed by atoms with Crippen LogP contribution in [0.3, 0.4) is 0 Å². The third-order valence-electron chi connectivity index (χ3n) is 4.91. The molecule has 4 heteroatoms. The second-order valence-corrected chi connectivity index (χ2v) is 6.79. The van der Waals surface area contributed by atoms with Gasteiger partial charge < -0.3 is 15.1 Å². The Morgan fingerprint density at radius 2 is 1.58 bits per heavy atom. The van der Waals surface area contributed by atoms with Crippen molar-refractivity contribution in [1.29, 1.82) is 0 Å². The molecular weight excluding hydrogens is 300 g/mol. The summed E-state index contributed by atoms with van der Waals surface area (Å²) in [6.45, 7) is 6.33. The van der Waals surface area contributed by atoms with Crippen LogP contribution in [0.2, 0.25) is 0 Å². The monoisotopic (exact) mass is 326 g/mol. The van der Waals surface area contributed by atoms with Crippen LogP contribution in [-0.2, 0) is 6.42 Å². The minimum atomic E-state index is -0.0646. The predicted octanol–water partition coefficient (Wildman–Crippen LogP) is 2.94. The maximum atomic E-state index is 9.79. The van der Waals surface area contributed by atoms with E-state index >= 15 is 0 Å². The van der Waals surface area contributed by atoms with E-state index in [4.69, 9.17) is 0 Å². The number of aryl methyl sites for hydroxylation is 1. The SMILES string of the molecule is Cc1ccc(C(Cc2ccc(O)c(O)c2)N2CCN(C)CC2)cc1. The highest BCUT2D eigenvalue weighted by molar-refractivity contribution is 5.41. The van der Waals surface area contributed by atoms with Gasteiger partial charge in [-0.2, -0.15) is 0 Å². The molecule has 3 rings (SSSR count). The van der Waals surface area contributed by atoms with Crippen LogP contribution in [0.1, 0.15) is 22.7 Å². The van der Waals surface area contributed by atoms with Gasteiger partial charge >= 0.3 is 0 Å². The molecule has 2 aromatic rings. The summed E-state index contributed by atoms with van der Waals surface area (Å²) in [5.41, 5.74) is 3.60. The number of nitrogens with zero attached hydrogens (tertiary/aromatic N) is 2. The molecule has 128 valence electrons. The average Bonchev–Trinajstić information content (AvgIpc) is 2.58. The Labute approximate surface area is 144 Å². The maximum Gasteiger partial charge on any atom is 0.157 e. The molecule has 1 atom stereocenters. The van der Waals surface area contributed by atoms with Crippen molar-refractivity contribution in [3.63, 3.8) is 0 Å². The molecule has 24 heavy (non-hydrogen) atoms. The van der Waals surface area contributed by atoms with Crippen molar-refractivity contribution in [3.05, 3.63) is 59.2 Å². The van der Waals surface area contributed by atoms with E-state index in [1.54, 1.807) is 12.1 Å². The molecule has 1 saturated heterocycles. The first kappa shape index (κ1) is 16.8. The van der Waals surface area contributed by atoms with Crippen molar-refractivity contribution in [2.45, 2.75) is 19.4 Å². The van der Waals surface area contributed by atoms with E-state index in [2.05, 4.69) is 48.0 Å². The Bertz CT molecular complexity index is 677. The van der Waals surface area contributed by atoms with Gasteiger partial charge in [0.15, 0.2) is 11.5 Å². The van der Waals surface area contributed by atoms with E-state index in [1.807, 2.05) is 6.07 Å². The summed E-state index contributed by atoms with van der Waals surface area (Å²) in [6.07, 6.45) is 0.820. The van der Waals surface area contributed by atoms with Crippen molar-refractivity contribution in [3.8, 4) is 11.5 Å². The normalized spacial score (nSPS) is 17.8. The summed E-state index contributed by atoms with van der Waals surface area (Å²) in [7, 11) is 2.16. The maximum absolute atomic E-state index is 9.79. The Kier molecular flexibility index (Phi) is 5.07. The van der Waals surface area contributed by atoms with Crippen LogP contribution in [0, 0.1) is 6.92 Å². The minimum Gasteiger partial charge on any atom is -0.504 e. The Morgan fingerprint density at radius 1 is 0.917 bits per heavy atom. The van der Waals surface area contributed by atoms with Crippen LogP contribution in [0.4, 0.5) is 0 Å². The molecule has 0 saturated carbocycles. The number of benzene rings is 2. The van der Waals surface area contributed by atoms with Crippen LogP contribution in [0.15, 0.2) is 42.5 Å². The van der Waals surface area contributed by atoms with Gasteiger partial charge in [0.05, 0.1) is 0 Å². The second-order valence-electron chi connectivity index (χ2n) is 6.79. The Hall–Kier alpha value is -2.04. The van der Waals surface area contributed by atoms with E-state index in [9.17, 15) is 10.2 Å². The van der Waals surface area contributed by atoms with Crippen molar-refractivity contribution >= 4 is 0 Å². The van der Waals surface area contributed by atoms with Gasteiger partial charge in [-0.05, 0) is 43.7 Å². The molecular formula is C20H26N2O2. The molecule has 4 nitrogen and oxygen atoms in total. The van der Waals surface area contributed by atoms with E-state index in [0.717, 1.165) is 38.2 Å². The van der Waals surface area contributed by atoms with Crippen LogP contribution in [0.25, 0.3) is 0 Å². The summed E-state index contributed by atoms with van der Waals surface area (Å²) in [5, 5.41) is 19.3. The lowest BCUT2D eigenvalue weighted by atomic mass is 9.95. The van der Waals surface area contributed by atoms with Gasteiger partial charge in [-0.1, -0.05) is 35.9 Å². The van der Waals surface area contributed by atoms with E-state index in [0.29, 0.717) is 0 Å². The van der Waals surface area contributed by atoms with Crippen LogP contribution in [0.5, 0.6) is 11.5 Å². The highest BCUT2D eigenvalue weighted by atomic mass is 16.3. The van der Waals surface area contributed by atoms with Gasteiger partial charge in [0.2, 0.25) is 0 Å². The number of phenolic OH excluding ortho intramolecular Hbond substituents is 2. The van der Waals surface area contributed by atoms with Crippen molar-refractivity contribution in [2.75, 3.05) is 33.2 Å². The van der Waals surface area contributed by atoms with Gasteiger partial charge in [0, 0.05) is 32.2 Å². The molecule has 1 unspecified atom stereocenters. The summed E-state index contributed by atoms with van der Waals surface area (Å²) in [4.78, 5) is 4.88. The molecule has 2 N–H and O–H groups in total. The number of likely N-dealkylation sites (N-methyl/N-ethyl adjacent to an activating group) is 1. The van der Waals surface area contributed by atoms with Gasteiger partial charge in [-0.15, -0.1) is 0 Å². The first-order valence-electron chi connectivity index (χ1n) is 8.53. The fraction of sp³-hybridized carbons (Fsp3) is 0.400. The van der Waals surface area contributed by atoms with E-state index in [1.165, 1.54) is 11.1 Å². The van der Waals surface area contributed by atoms with Crippen molar-refractivity contribution in [2.24, 2.45) is 0 Å². The molecule has 2 aromatic carbocycles. The first-order valence-corrected chi connectivity index (χ1v) is 8.53. The molecule has 1 aliphatic heterocycles. The van der Waals surface area contributed by atoms with Crippen LogP contribution >= 0.6 is 0 Å². The number of aromatic hydroxyl groups is 2. The summed E-state index contributed by atoms with van der Waals surface area (Å²) >= 11 is 0. The average molecular weight is 326 g/mol. The minimum absolute atomic E-state index is 0.0477. The summed E-state index contributed by atoms with van der Waals surface area (Å²) in [5.74, 6) is -0.112. The first-order chi connectivity index (χ1) is 11.5. The molecule has 1 heterocycles. The van der Waals surface area contributed by atoms with Gasteiger partial charge in [0.25, 0.3) is 0 Å². The second kappa shape index (κ2) is 7.24. The smallest absolute Gasteiger partial charge is 0.157 e. The third kappa shape index (κ3) is 3.89. The van der Waals surface area contributed by atoms with Crippen LogP contribution in [-0.4, -0.2) is 53.2 Å². The zero-order valence-corrected chi connectivity index (χ0v) is 14.4. The van der Waals surface area contributed by atoms with Crippen LogP contribution < -0.4 is 0 Å². The standard InChI is InChI=1S/C20H26N2O2/c1-15-3-6-17(7-4-15)18(22-11-9-21(2)10-12-22)13-16-5-8-19(23)20(24)14-16/h3-8,14,18,23-24H,9-13H2,1-2H3. The predicted molar refractivity (Wildman–Crippen MR) is 96.5 cm³/mol. The molecule has 1 fully saturated rings. The zero-order valence-electron chi connectivity index (χ0n) is 14.4. The topological polar surface area (TPSA) is 46.9 Å². The van der Waals surface area contributed by atoms with Gasteiger partial charge in [-0.3, -0.25) is 4.90 Å². The Balaban J connectivity index is 1.86.